The van der Waals surface area contributed by atoms with Gasteiger partial charge in [-0.15, -0.1) is 0 Å². The van der Waals surface area contributed by atoms with E-state index in [1.54, 1.807) is 0 Å². The molecule has 0 heterocycles. The Hall–Kier alpha value is -0.120. The molecular weight excluding hydrogens is 188 g/mol. The number of likely N-dealkylation sites (N-methyl/N-ethyl adjacent to an activating group) is 1. The zero-order chi connectivity index (χ0) is 11.9. The van der Waals surface area contributed by atoms with Crippen LogP contribution >= 0.6 is 0 Å². The lowest BCUT2D eigenvalue weighted by Gasteiger charge is -2.38. The fourth-order valence-electron chi connectivity index (χ4n) is 1.68. The first kappa shape index (κ1) is 14.9. The molecule has 0 aromatic rings. The quantitative estimate of drug-likeness (QED) is 0.673. The van der Waals surface area contributed by atoms with Gasteiger partial charge in [0.1, 0.15) is 0 Å². The average molecular weight is 216 g/mol. The average Bonchev–Trinajstić information content (AvgIpc) is 2.17. The standard InChI is InChI=1S/C12H28N2O/c1-6-7-12(4,10-13)14(5)8-9-15-11(2)3/h11H,6-10,13H2,1-5H3. The maximum Gasteiger partial charge on any atom is 0.0597 e. The summed E-state index contributed by atoms with van der Waals surface area (Å²) in [4.78, 5) is 2.32. The van der Waals surface area contributed by atoms with Crippen LogP contribution in [0.5, 0.6) is 0 Å². The van der Waals surface area contributed by atoms with Crippen molar-refractivity contribution in [2.24, 2.45) is 5.73 Å². The molecule has 92 valence electrons. The van der Waals surface area contributed by atoms with Gasteiger partial charge < -0.3 is 10.5 Å². The second-order valence-electron chi connectivity index (χ2n) is 4.79. The molecule has 3 heteroatoms. The van der Waals surface area contributed by atoms with Crippen LogP contribution in [0, 0.1) is 0 Å². The lowest BCUT2D eigenvalue weighted by Crippen LogP contribution is -2.50. The van der Waals surface area contributed by atoms with Gasteiger partial charge in [-0.25, -0.2) is 0 Å². The zero-order valence-electron chi connectivity index (χ0n) is 11.0. The molecule has 15 heavy (non-hydrogen) atoms. The summed E-state index contributed by atoms with van der Waals surface area (Å²) < 4.78 is 5.55. The fraction of sp³-hybridized carbons (Fsp3) is 1.00. The fourth-order valence-corrected chi connectivity index (χ4v) is 1.68. The van der Waals surface area contributed by atoms with E-state index in [0.717, 1.165) is 19.6 Å². The third-order valence-electron chi connectivity index (χ3n) is 3.03. The van der Waals surface area contributed by atoms with Gasteiger partial charge in [0.25, 0.3) is 0 Å². The summed E-state index contributed by atoms with van der Waals surface area (Å²) in [5.41, 5.74) is 5.96. The Bertz CT molecular complexity index is 162. The number of hydrogen-bond donors (Lipinski definition) is 1. The molecule has 3 nitrogen and oxygen atoms in total. The molecule has 0 aliphatic carbocycles. The maximum atomic E-state index is 5.84. The van der Waals surface area contributed by atoms with Crippen molar-refractivity contribution in [1.29, 1.82) is 0 Å². The molecule has 0 spiro atoms. The third-order valence-corrected chi connectivity index (χ3v) is 3.03. The van der Waals surface area contributed by atoms with Crippen molar-refractivity contribution in [1.82, 2.24) is 4.90 Å². The van der Waals surface area contributed by atoms with Gasteiger partial charge in [-0.3, -0.25) is 4.90 Å². The summed E-state index contributed by atoms with van der Waals surface area (Å²) in [5, 5.41) is 0. The minimum absolute atomic E-state index is 0.120. The minimum Gasteiger partial charge on any atom is -0.377 e. The van der Waals surface area contributed by atoms with Crippen LogP contribution in [0.1, 0.15) is 40.5 Å². The Morgan fingerprint density at radius 1 is 1.40 bits per heavy atom. The lowest BCUT2D eigenvalue weighted by atomic mass is 9.94. The van der Waals surface area contributed by atoms with Crippen molar-refractivity contribution in [2.75, 3.05) is 26.7 Å². The highest BCUT2D eigenvalue weighted by Crippen LogP contribution is 2.17. The van der Waals surface area contributed by atoms with E-state index < -0.39 is 0 Å². The van der Waals surface area contributed by atoms with Crippen LogP contribution in [0.25, 0.3) is 0 Å². The van der Waals surface area contributed by atoms with E-state index >= 15 is 0 Å². The summed E-state index contributed by atoms with van der Waals surface area (Å²) in [6.45, 7) is 11.0. The summed E-state index contributed by atoms with van der Waals surface area (Å²) in [7, 11) is 2.13. The Kier molecular flexibility index (Phi) is 7.14. The van der Waals surface area contributed by atoms with Gasteiger partial charge in [0.05, 0.1) is 12.7 Å². The minimum atomic E-state index is 0.120. The monoisotopic (exact) mass is 216 g/mol. The molecule has 0 amide bonds. The number of nitrogens with two attached hydrogens (primary N) is 1. The number of ether oxygens (including phenoxy) is 1. The normalized spacial score (nSPS) is 16.0. The van der Waals surface area contributed by atoms with Crippen LogP contribution in [0.4, 0.5) is 0 Å². The Labute approximate surface area is 95.0 Å². The molecule has 0 saturated heterocycles. The van der Waals surface area contributed by atoms with Crippen LogP contribution in [-0.2, 0) is 4.74 Å². The van der Waals surface area contributed by atoms with Crippen molar-refractivity contribution in [2.45, 2.75) is 52.2 Å². The van der Waals surface area contributed by atoms with Crippen molar-refractivity contribution in [3.8, 4) is 0 Å². The molecule has 0 aromatic carbocycles. The molecule has 0 aliphatic heterocycles. The molecule has 0 rings (SSSR count). The maximum absolute atomic E-state index is 5.84. The van der Waals surface area contributed by atoms with Crippen molar-refractivity contribution >= 4 is 0 Å². The molecule has 1 unspecified atom stereocenters. The van der Waals surface area contributed by atoms with Crippen LogP contribution in [0.3, 0.4) is 0 Å². The van der Waals surface area contributed by atoms with Crippen molar-refractivity contribution in [3.63, 3.8) is 0 Å². The van der Waals surface area contributed by atoms with Gasteiger partial charge in [-0.05, 0) is 34.2 Å². The Balaban J connectivity index is 3.98. The Morgan fingerprint density at radius 2 is 2.00 bits per heavy atom. The van der Waals surface area contributed by atoms with Gasteiger partial charge in [0.2, 0.25) is 0 Å². The number of hydrogen-bond acceptors (Lipinski definition) is 3. The molecule has 2 N–H and O–H groups in total. The zero-order valence-corrected chi connectivity index (χ0v) is 11.0. The van der Waals surface area contributed by atoms with Crippen LogP contribution in [0.2, 0.25) is 0 Å². The predicted molar refractivity (Wildman–Crippen MR) is 66.1 cm³/mol. The van der Waals surface area contributed by atoms with Crippen molar-refractivity contribution in [3.05, 3.63) is 0 Å². The number of rotatable bonds is 8. The lowest BCUT2D eigenvalue weighted by molar-refractivity contribution is 0.0370. The first-order valence-corrected chi connectivity index (χ1v) is 5.99. The van der Waals surface area contributed by atoms with Crippen LogP contribution < -0.4 is 5.73 Å². The van der Waals surface area contributed by atoms with Crippen LogP contribution in [-0.4, -0.2) is 43.3 Å². The van der Waals surface area contributed by atoms with Gasteiger partial charge in [0.15, 0.2) is 0 Å². The van der Waals surface area contributed by atoms with E-state index in [0.29, 0.717) is 12.6 Å². The molecule has 0 aliphatic rings. The highest BCUT2D eigenvalue weighted by atomic mass is 16.5. The van der Waals surface area contributed by atoms with E-state index in [1.807, 2.05) is 0 Å². The highest BCUT2D eigenvalue weighted by Gasteiger charge is 2.26. The van der Waals surface area contributed by atoms with E-state index in [9.17, 15) is 0 Å². The van der Waals surface area contributed by atoms with Crippen molar-refractivity contribution < 1.29 is 4.74 Å². The topological polar surface area (TPSA) is 38.5 Å². The summed E-state index contributed by atoms with van der Waals surface area (Å²) in [6, 6.07) is 0. The second-order valence-corrected chi connectivity index (χ2v) is 4.79. The van der Waals surface area contributed by atoms with E-state index in [4.69, 9.17) is 10.5 Å². The molecule has 0 bridgehead atoms. The summed E-state index contributed by atoms with van der Waals surface area (Å²) in [6.07, 6.45) is 2.62. The Morgan fingerprint density at radius 3 is 2.40 bits per heavy atom. The molecule has 1 atom stereocenters. The van der Waals surface area contributed by atoms with Gasteiger partial charge in [0, 0.05) is 18.6 Å². The van der Waals surface area contributed by atoms with E-state index in [2.05, 4.69) is 39.6 Å². The molecular formula is C12H28N2O. The molecule has 0 aromatic heterocycles. The van der Waals surface area contributed by atoms with Gasteiger partial charge >= 0.3 is 0 Å². The molecule has 0 saturated carbocycles. The number of nitrogens with zero attached hydrogens (tertiary/aromatic N) is 1. The largest absolute Gasteiger partial charge is 0.377 e. The molecule has 0 radical (unpaired) electrons. The van der Waals surface area contributed by atoms with Gasteiger partial charge in [-0.1, -0.05) is 13.3 Å². The third kappa shape index (κ3) is 5.50. The summed E-state index contributed by atoms with van der Waals surface area (Å²) >= 11 is 0. The highest BCUT2D eigenvalue weighted by molar-refractivity contribution is 4.84. The smallest absolute Gasteiger partial charge is 0.0597 e. The SMILES string of the molecule is CCCC(C)(CN)N(C)CCOC(C)C. The first-order chi connectivity index (χ1) is 6.96. The van der Waals surface area contributed by atoms with Crippen LogP contribution in [0.15, 0.2) is 0 Å². The second kappa shape index (κ2) is 7.20. The van der Waals surface area contributed by atoms with Gasteiger partial charge in [-0.2, -0.15) is 0 Å². The summed E-state index contributed by atoms with van der Waals surface area (Å²) in [5.74, 6) is 0. The predicted octanol–water partition coefficient (Wildman–Crippen LogP) is 1.86. The molecule has 0 fully saturated rings. The first-order valence-electron chi connectivity index (χ1n) is 5.99. The van der Waals surface area contributed by atoms with E-state index in [-0.39, 0.29) is 5.54 Å². The van der Waals surface area contributed by atoms with E-state index in [1.165, 1.54) is 6.42 Å².